The van der Waals surface area contributed by atoms with Crippen molar-refractivity contribution in [3.8, 4) is 0 Å². The second-order valence-electron chi connectivity index (χ2n) is 10.7. The number of fused-ring (bicyclic) bond motifs is 1. The van der Waals surface area contributed by atoms with E-state index in [1.807, 2.05) is 73.7 Å². The standard InChI is InChI=1S/C30H35N3O4S/c1-19-9-5-8-12-24(19)26(27(34)31-22-14-13-20-10-6-7-11-21(20)17-22)33(23-15-16-23)28(35)25(18-38)32-29(36)37-30(2,3)4/h5-14,17,23,25-26,38H,15-16,18H2,1-4H3,(H,31,34)(H,32,36). The smallest absolute Gasteiger partial charge is 0.408 e. The molecular formula is C30H35N3O4S. The maximum Gasteiger partial charge on any atom is 0.408 e. The van der Waals surface area contributed by atoms with Gasteiger partial charge in [0.2, 0.25) is 5.91 Å². The fraction of sp³-hybridized carbons (Fsp3) is 0.367. The minimum Gasteiger partial charge on any atom is -0.444 e. The van der Waals surface area contributed by atoms with Gasteiger partial charge in [-0.1, -0.05) is 54.6 Å². The van der Waals surface area contributed by atoms with E-state index in [4.69, 9.17) is 4.74 Å². The lowest BCUT2D eigenvalue weighted by Crippen LogP contribution is -2.54. The molecule has 3 amide bonds. The topological polar surface area (TPSA) is 87.7 Å². The van der Waals surface area contributed by atoms with Gasteiger partial charge in [0.05, 0.1) is 0 Å². The van der Waals surface area contributed by atoms with E-state index in [9.17, 15) is 14.4 Å². The van der Waals surface area contributed by atoms with Crippen LogP contribution in [0.1, 0.15) is 50.8 Å². The molecule has 3 aromatic rings. The highest BCUT2D eigenvalue weighted by Crippen LogP contribution is 2.37. The molecule has 3 aromatic carbocycles. The number of anilines is 1. The molecule has 0 heterocycles. The zero-order valence-corrected chi connectivity index (χ0v) is 23.1. The van der Waals surface area contributed by atoms with E-state index in [0.29, 0.717) is 5.69 Å². The van der Waals surface area contributed by atoms with Crippen molar-refractivity contribution in [1.29, 1.82) is 0 Å². The quantitative estimate of drug-likeness (QED) is 0.327. The molecule has 2 atom stereocenters. The number of amides is 3. The van der Waals surface area contributed by atoms with Crippen molar-refractivity contribution >= 4 is 47.0 Å². The summed E-state index contributed by atoms with van der Waals surface area (Å²) in [5, 5.41) is 7.77. The van der Waals surface area contributed by atoms with Crippen LogP contribution in [0, 0.1) is 6.92 Å². The molecule has 0 aliphatic heterocycles. The maximum absolute atomic E-state index is 14.0. The van der Waals surface area contributed by atoms with Crippen molar-refractivity contribution in [3.05, 3.63) is 77.9 Å². The molecule has 38 heavy (non-hydrogen) atoms. The molecular weight excluding hydrogens is 498 g/mol. The van der Waals surface area contributed by atoms with E-state index in [1.54, 1.807) is 25.7 Å². The number of rotatable bonds is 8. The summed E-state index contributed by atoms with van der Waals surface area (Å²) in [7, 11) is 0. The maximum atomic E-state index is 14.0. The van der Waals surface area contributed by atoms with Gasteiger partial charge in [0.15, 0.2) is 0 Å². The van der Waals surface area contributed by atoms with Crippen LogP contribution in [0.3, 0.4) is 0 Å². The SMILES string of the molecule is Cc1ccccc1C(C(=O)Nc1ccc2ccccc2c1)N(C(=O)C(CS)NC(=O)OC(C)(C)C)C1CC1. The lowest BCUT2D eigenvalue weighted by Gasteiger charge is -2.35. The number of aryl methyl sites for hydroxylation is 1. The molecule has 2 N–H and O–H groups in total. The van der Waals surface area contributed by atoms with Crippen LogP contribution in [0.25, 0.3) is 10.8 Å². The molecule has 200 valence electrons. The van der Waals surface area contributed by atoms with Crippen molar-refractivity contribution < 1.29 is 19.1 Å². The normalized spacial score (nSPS) is 14.9. The van der Waals surface area contributed by atoms with Crippen molar-refractivity contribution in [3.63, 3.8) is 0 Å². The number of benzene rings is 3. The number of alkyl carbamates (subject to hydrolysis) is 1. The van der Waals surface area contributed by atoms with E-state index in [0.717, 1.165) is 34.7 Å². The van der Waals surface area contributed by atoms with Gasteiger partial charge in [0.1, 0.15) is 17.7 Å². The van der Waals surface area contributed by atoms with Gasteiger partial charge in [-0.25, -0.2) is 4.79 Å². The summed E-state index contributed by atoms with van der Waals surface area (Å²) in [6, 6.07) is 19.3. The van der Waals surface area contributed by atoms with Crippen LogP contribution in [0.15, 0.2) is 66.7 Å². The Morgan fingerprint density at radius 3 is 2.29 bits per heavy atom. The Balaban J connectivity index is 1.67. The molecule has 0 radical (unpaired) electrons. The molecule has 1 aliphatic rings. The molecule has 4 rings (SSSR count). The van der Waals surface area contributed by atoms with E-state index in [1.165, 1.54) is 0 Å². The zero-order chi connectivity index (χ0) is 27.4. The van der Waals surface area contributed by atoms with Crippen LogP contribution in [0.4, 0.5) is 10.5 Å². The predicted octanol–water partition coefficient (Wildman–Crippen LogP) is 5.64. The summed E-state index contributed by atoms with van der Waals surface area (Å²) in [6.45, 7) is 7.19. The van der Waals surface area contributed by atoms with Crippen LogP contribution in [0.2, 0.25) is 0 Å². The first kappa shape index (κ1) is 27.5. The minimum atomic E-state index is -0.950. The molecule has 8 heteroatoms. The van der Waals surface area contributed by atoms with Crippen molar-refractivity contribution in [2.24, 2.45) is 0 Å². The number of nitrogens with zero attached hydrogens (tertiary/aromatic N) is 1. The Labute approximate surface area is 229 Å². The van der Waals surface area contributed by atoms with E-state index in [2.05, 4.69) is 23.3 Å². The molecule has 0 aromatic heterocycles. The Bertz CT molecular complexity index is 1330. The van der Waals surface area contributed by atoms with Gasteiger partial charge in [0, 0.05) is 17.5 Å². The van der Waals surface area contributed by atoms with Crippen LogP contribution in [0.5, 0.6) is 0 Å². The van der Waals surface area contributed by atoms with Gasteiger partial charge >= 0.3 is 6.09 Å². The van der Waals surface area contributed by atoms with Gasteiger partial charge in [-0.2, -0.15) is 12.6 Å². The molecule has 1 saturated carbocycles. The Morgan fingerprint density at radius 1 is 1.00 bits per heavy atom. The van der Waals surface area contributed by atoms with Gasteiger partial charge < -0.3 is 20.3 Å². The first-order valence-corrected chi connectivity index (χ1v) is 13.5. The number of hydrogen-bond acceptors (Lipinski definition) is 5. The second kappa shape index (κ2) is 11.5. The number of nitrogens with one attached hydrogen (secondary N) is 2. The summed E-state index contributed by atoms with van der Waals surface area (Å²) in [5.74, 6) is -0.617. The molecule has 0 bridgehead atoms. The summed E-state index contributed by atoms with van der Waals surface area (Å²) in [6.07, 6.45) is 0.861. The first-order chi connectivity index (χ1) is 18.1. The first-order valence-electron chi connectivity index (χ1n) is 12.8. The Hall–Kier alpha value is -3.52. The largest absolute Gasteiger partial charge is 0.444 e. The van der Waals surface area contributed by atoms with Crippen molar-refractivity contribution in [2.75, 3.05) is 11.1 Å². The highest BCUT2D eigenvalue weighted by molar-refractivity contribution is 7.80. The fourth-order valence-electron chi connectivity index (χ4n) is 4.47. The van der Waals surface area contributed by atoms with Crippen LogP contribution >= 0.6 is 12.6 Å². The fourth-order valence-corrected chi connectivity index (χ4v) is 4.72. The molecule has 2 unspecified atom stereocenters. The third-order valence-corrected chi connectivity index (χ3v) is 6.76. The van der Waals surface area contributed by atoms with E-state index in [-0.39, 0.29) is 23.6 Å². The van der Waals surface area contributed by atoms with Crippen LogP contribution < -0.4 is 10.6 Å². The summed E-state index contributed by atoms with van der Waals surface area (Å²) in [5.41, 5.74) is 1.56. The predicted molar refractivity (Wildman–Crippen MR) is 153 cm³/mol. The monoisotopic (exact) mass is 533 g/mol. The van der Waals surface area contributed by atoms with Crippen molar-refractivity contribution in [2.45, 2.75) is 64.3 Å². The van der Waals surface area contributed by atoms with Crippen LogP contribution in [-0.2, 0) is 14.3 Å². The number of carbonyl (C=O) groups is 3. The molecule has 0 spiro atoms. The molecule has 7 nitrogen and oxygen atoms in total. The summed E-state index contributed by atoms with van der Waals surface area (Å²) in [4.78, 5) is 42.0. The molecule has 1 fully saturated rings. The average molecular weight is 534 g/mol. The second-order valence-corrected chi connectivity index (χ2v) is 11.0. The summed E-state index contributed by atoms with van der Waals surface area (Å²) < 4.78 is 5.37. The highest BCUT2D eigenvalue weighted by atomic mass is 32.1. The number of carbonyl (C=O) groups excluding carboxylic acids is 3. The van der Waals surface area contributed by atoms with Gasteiger partial charge in [-0.3, -0.25) is 9.59 Å². The Kier molecular flexibility index (Phi) is 8.31. The van der Waals surface area contributed by atoms with Gasteiger partial charge in [-0.05, 0) is 74.6 Å². The Morgan fingerprint density at radius 2 is 1.66 bits per heavy atom. The lowest BCUT2D eigenvalue weighted by molar-refractivity contribution is -0.141. The molecule has 0 saturated heterocycles. The minimum absolute atomic E-state index is 0.0636. The number of ether oxygens (including phenoxy) is 1. The average Bonchev–Trinajstić information content (AvgIpc) is 3.70. The van der Waals surface area contributed by atoms with Gasteiger partial charge in [-0.15, -0.1) is 0 Å². The van der Waals surface area contributed by atoms with Gasteiger partial charge in [0.25, 0.3) is 5.91 Å². The number of thiol groups is 1. The molecule has 1 aliphatic carbocycles. The zero-order valence-electron chi connectivity index (χ0n) is 22.2. The highest BCUT2D eigenvalue weighted by Gasteiger charge is 2.44. The summed E-state index contributed by atoms with van der Waals surface area (Å²) >= 11 is 4.35. The third kappa shape index (κ3) is 6.67. The van der Waals surface area contributed by atoms with Crippen molar-refractivity contribution in [1.82, 2.24) is 10.2 Å². The number of hydrogen-bond donors (Lipinski definition) is 3. The lowest BCUT2D eigenvalue weighted by atomic mass is 9.97. The van der Waals surface area contributed by atoms with E-state index >= 15 is 0 Å². The van der Waals surface area contributed by atoms with E-state index < -0.39 is 23.8 Å². The van der Waals surface area contributed by atoms with Crippen LogP contribution in [-0.4, -0.2) is 46.2 Å². The third-order valence-electron chi connectivity index (χ3n) is 6.39.